The molecule has 2 rings (SSSR count). The highest BCUT2D eigenvalue weighted by Gasteiger charge is 2.20. The zero-order chi connectivity index (χ0) is 10.8. The molecule has 1 aromatic rings. The second kappa shape index (κ2) is 4.64. The van der Waals surface area contributed by atoms with Gasteiger partial charge in [-0.2, -0.15) is 0 Å². The normalized spacial score (nSPS) is 21.7. The number of aryl methyl sites for hydroxylation is 1. The Morgan fingerprint density at radius 3 is 2.87 bits per heavy atom. The van der Waals surface area contributed by atoms with Crippen molar-refractivity contribution in [2.45, 2.75) is 20.0 Å². The van der Waals surface area contributed by atoms with Crippen LogP contribution in [0.25, 0.3) is 0 Å². The van der Waals surface area contributed by atoms with Gasteiger partial charge in [-0.3, -0.25) is 0 Å². The lowest BCUT2D eigenvalue weighted by molar-refractivity contribution is 0.0269. The van der Waals surface area contributed by atoms with Crippen molar-refractivity contribution in [1.82, 2.24) is 5.32 Å². The van der Waals surface area contributed by atoms with Gasteiger partial charge in [-0.1, -0.05) is 22.0 Å². The van der Waals surface area contributed by atoms with Crippen LogP contribution in [0.2, 0.25) is 0 Å². The van der Waals surface area contributed by atoms with Crippen LogP contribution in [0.4, 0.5) is 0 Å². The van der Waals surface area contributed by atoms with Crippen molar-refractivity contribution in [3.63, 3.8) is 0 Å². The van der Waals surface area contributed by atoms with Crippen LogP contribution in [0, 0.1) is 13.8 Å². The van der Waals surface area contributed by atoms with E-state index in [0.717, 1.165) is 24.2 Å². The average Bonchev–Trinajstić information content (AvgIpc) is 2.26. The van der Waals surface area contributed by atoms with E-state index in [0.29, 0.717) is 0 Å². The molecular formula is C12H16BrNO. The van der Waals surface area contributed by atoms with Crippen LogP contribution >= 0.6 is 15.9 Å². The van der Waals surface area contributed by atoms with Gasteiger partial charge in [0.25, 0.3) is 0 Å². The van der Waals surface area contributed by atoms with Crippen LogP contribution in [0.5, 0.6) is 0 Å². The molecule has 1 aliphatic heterocycles. The quantitative estimate of drug-likeness (QED) is 0.847. The number of rotatable bonds is 1. The van der Waals surface area contributed by atoms with Crippen molar-refractivity contribution in [2.24, 2.45) is 0 Å². The molecule has 1 fully saturated rings. The second-order valence-electron chi connectivity index (χ2n) is 3.97. The highest BCUT2D eigenvalue weighted by atomic mass is 79.9. The molecule has 0 aliphatic carbocycles. The fraction of sp³-hybridized carbons (Fsp3) is 0.500. The van der Waals surface area contributed by atoms with Crippen molar-refractivity contribution in [3.05, 3.63) is 33.3 Å². The number of benzene rings is 1. The Bertz CT molecular complexity index is 359. The molecule has 1 heterocycles. The highest BCUT2D eigenvalue weighted by molar-refractivity contribution is 9.10. The van der Waals surface area contributed by atoms with Gasteiger partial charge >= 0.3 is 0 Å². The Hall–Kier alpha value is -0.380. The van der Waals surface area contributed by atoms with Crippen LogP contribution in [-0.4, -0.2) is 19.7 Å². The number of ether oxygens (including phenoxy) is 1. The molecule has 1 N–H and O–H groups in total. The van der Waals surface area contributed by atoms with E-state index in [9.17, 15) is 0 Å². The van der Waals surface area contributed by atoms with E-state index < -0.39 is 0 Å². The van der Waals surface area contributed by atoms with Crippen LogP contribution in [0.15, 0.2) is 16.6 Å². The lowest BCUT2D eigenvalue weighted by Gasteiger charge is -2.27. The molecule has 15 heavy (non-hydrogen) atoms. The fourth-order valence-corrected chi connectivity index (χ4v) is 2.43. The minimum Gasteiger partial charge on any atom is -0.371 e. The summed E-state index contributed by atoms with van der Waals surface area (Å²) < 4.78 is 6.96. The molecular weight excluding hydrogens is 254 g/mol. The zero-order valence-electron chi connectivity index (χ0n) is 9.14. The number of morpholine rings is 1. The smallest absolute Gasteiger partial charge is 0.0955 e. The van der Waals surface area contributed by atoms with Gasteiger partial charge in [-0.25, -0.2) is 0 Å². The summed E-state index contributed by atoms with van der Waals surface area (Å²) in [5, 5.41) is 3.37. The maximum absolute atomic E-state index is 5.80. The zero-order valence-corrected chi connectivity index (χ0v) is 10.7. The highest BCUT2D eigenvalue weighted by Crippen LogP contribution is 2.30. The van der Waals surface area contributed by atoms with E-state index in [2.05, 4.69) is 47.2 Å². The number of hydrogen-bond donors (Lipinski definition) is 1. The fourth-order valence-electron chi connectivity index (χ4n) is 2.08. The number of nitrogens with one attached hydrogen (secondary N) is 1. The molecule has 82 valence electrons. The van der Waals surface area contributed by atoms with E-state index in [-0.39, 0.29) is 6.10 Å². The van der Waals surface area contributed by atoms with Gasteiger partial charge in [-0.05, 0) is 36.6 Å². The number of halogens is 1. The summed E-state index contributed by atoms with van der Waals surface area (Å²) in [7, 11) is 0. The monoisotopic (exact) mass is 269 g/mol. The van der Waals surface area contributed by atoms with Gasteiger partial charge in [0.1, 0.15) is 0 Å². The summed E-state index contributed by atoms with van der Waals surface area (Å²) in [6.07, 6.45) is 0.205. The summed E-state index contributed by atoms with van der Waals surface area (Å²) in [5.41, 5.74) is 3.93. The average molecular weight is 270 g/mol. The molecule has 0 amide bonds. The van der Waals surface area contributed by atoms with E-state index in [1.165, 1.54) is 16.7 Å². The first-order valence-corrected chi connectivity index (χ1v) is 6.07. The van der Waals surface area contributed by atoms with E-state index in [1.54, 1.807) is 0 Å². The standard InChI is InChI=1S/C12H16BrNO/c1-8-3-4-10(13)9(2)12(8)11-7-14-5-6-15-11/h3-4,11,14H,5-7H2,1-2H3. The van der Waals surface area contributed by atoms with Crippen LogP contribution in [-0.2, 0) is 4.74 Å². The lowest BCUT2D eigenvalue weighted by Crippen LogP contribution is -2.34. The molecule has 0 spiro atoms. The molecule has 3 heteroatoms. The van der Waals surface area contributed by atoms with Crippen LogP contribution in [0.1, 0.15) is 22.8 Å². The summed E-state index contributed by atoms with van der Waals surface area (Å²) in [6.45, 7) is 6.97. The van der Waals surface area contributed by atoms with Gasteiger partial charge in [0, 0.05) is 17.6 Å². The molecule has 1 saturated heterocycles. The first-order valence-electron chi connectivity index (χ1n) is 5.28. The van der Waals surface area contributed by atoms with Crippen molar-refractivity contribution in [1.29, 1.82) is 0 Å². The van der Waals surface area contributed by atoms with Crippen molar-refractivity contribution in [3.8, 4) is 0 Å². The second-order valence-corrected chi connectivity index (χ2v) is 4.82. The molecule has 1 atom stereocenters. The van der Waals surface area contributed by atoms with Gasteiger partial charge < -0.3 is 10.1 Å². The van der Waals surface area contributed by atoms with Crippen LogP contribution in [0.3, 0.4) is 0 Å². The van der Waals surface area contributed by atoms with Crippen LogP contribution < -0.4 is 5.32 Å². The van der Waals surface area contributed by atoms with Crippen molar-refractivity contribution < 1.29 is 4.74 Å². The minimum atomic E-state index is 0.205. The summed E-state index contributed by atoms with van der Waals surface area (Å²) in [6, 6.07) is 4.24. The molecule has 1 unspecified atom stereocenters. The minimum absolute atomic E-state index is 0.205. The maximum Gasteiger partial charge on any atom is 0.0955 e. The third kappa shape index (κ3) is 2.25. The third-order valence-electron chi connectivity index (χ3n) is 2.92. The maximum atomic E-state index is 5.80. The van der Waals surface area contributed by atoms with Gasteiger partial charge in [0.05, 0.1) is 12.7 Å². The largest absolute Gasteiger partial charge is 0.371 e. The third-order valence-corrected chi connectivity index (χ3v) is 3.78. The lowest BCUT2D eigenvalue weighted by atomic mass is 9.97. The molecule has 2 nitrogen and oxygen atoms in total. The predicted octanol–water partition coefficient (Wildman–Crippen LogP) is 2.73. The van der Waals surface area contributed by atoms with Crippen molar-refractivity contribution in [2.75, 3.05) is 19.7 Å². The summed E-state index contributed by atoms with van der Waals surface area (Å²) >= 11 is 3.57. The van der Waals surface area contributed by atoms with Gasteiger partial charge in [0.15, 0.2) is 0 Å². The van der Waals surface area contributed by atoms with E-state index >= 15 is 0 Å². The molecule has 0 saturated carbocycles. The Labute approximate surface area is 99.1 Å². The van der Waals surface area contributed by atoms with E-state index in [1.807, 2.05) is 0 Å². The van der Waals surface area contributed by atoms with Gasteiger partial charge in [-0.15, -0.1) is 0 Å². The first kappa shape index (κ1) is 11.1. The molecule has 0 aromatic heterocycles. The Kier molecular flexibility index (Phi) is 3.44. The molecule has 0 bridgehead atoms. The molecule has 0 radical (unpaired) electrons. The Balaban J connectivity index is 2.36. The Morgan fingerprint density at radius 2 is 2.20 bits per heavy atom. The predicted molar refractivity (Wildman–Crippen MR) is 65.2 cm³/mol. The SMILES string of the molecule is Cc1ccc(Br)c(C)c1C1CNCCO1. The molecule has 1 aromatic carbocycles. The summed E-state index contributed by atoms with van der Waals surface area (Å²) in [4.78, 5) is 0. The van der Waals surface area contributed by atoms with Crippen molar-refractivity contribution >= 4 is 15.9 Å². The topological polar surface area (TPSA) is 21.3 Å². The Morgan fingerprint density at radius 1 is 1.40 bits per heavy atom. The van der Waals surface area contributed by atoms with E-state index in [4.69, 9.17) is 4.74 Å². The molecule has 1 aliphatic rings. The summed E-state index contributed by atoms with van der Waals surface area (Å²) in [5.74, 6) is 0. The number of hydrogen-bond acceptors (Lipinski definition) is 2. The van der Waals surface area contributed by atoms with Gasteiger partial charge in [0.2, 0.25) is 0 Å². The first-order chi connectivity index (χ1) is 7.20.